The van der Waals surface area contributed by atoms with Gasteiger partial charge in [0.15, 0.2) is 0 Å². The van der Waals surface area contributed by atoms with Crippen molar-refractivity contribution in [3.05, 3.63) is 88.9 Å². The van der Waals surface area contributed by atoms with Crippen LogP contribution >= 0.6 is 15.9 Å². The molecule has 0 heterocycles. The lowest BCUT2D eigenvalue weighted by molar-refractivity contribution is -0.120. The number of ether oxygens (including phenoxy) is 1. The maximum Gasteiger partial charge on any atom is 0.264 e. The second kappa shape index (κ2) is 10.7. The molecule has 0 spiro atoms. The molecule has 0 saturated heterocycles. The lowest BCUT2D eigenvalue weighted by Gasteiger charge is -2.25. The first-order valence-electron chi connectivity index (χ1n) is 10.2. The van der Waals surface area contributed by atoms with Gasteiger partial charge in [-0.05, 0) is 61.9 Å². The molecule has 0 aliphatic carbocycles. The molecule has 1 atom stereocenters. The minimum atomic E-state index is -3.94. The minimum Gasteiger partial charge on any atom is -0.494 e. The van der Waals surface area contributed by atoms with Crippen molar-refractivity contribution >= 4 is 37.5 Å². The Balaban J connectivity index is 1.82. The van der Waals surface area contributed by atoms with Gasteiger partial charge in [0.2, 0.25) is 5.91 Å². The van der Waals surface area contributed by atoms with Gasteiger partial charge in [0.05, 0.1) is 23.2 Å². The number of amides is 1. The first kappa shape index (κ1) is 23.8. The van der Waals surface area contributed by atoms with Crippen LogP contribution in [0.15, 0.2) is 88.2 Å². The number of benzene rings is 3. The smallest absolute Gasteiger partial charge is 0.264 e. The molecular formula is C24H25BrN2O4S. The summed E-state index contributed by atoms with van der Waals surface area (Å²) >= 11 is 3.38. The van der Waals surface area contributed by atoms with Crippen LogP contribution in [0, 0.1) is 0 Å². The fourth-order valence-electron chi connectivity index (χ4n) is 3.19. The van der Waals surface area contributed by atoms with E-state index in [0.29, 0.717) is 16.8 Å². The maximum atomic E-state index is 13.4. The molecule has 0 aliphatic heterocycles. The maximum absolute atomic E-state index is 13.4. The first-order valence-corrected chi connectivity index (χ1v) is 12.4. The highest BCUT2D eigenvalue weighted by atomic mass is 79.9. The van der Waals surface area contributed by atoms with Gasteiger partial charge in [0.1, 0.15) is 12.3 Å². The number of carbonyl (C=O) groups excluding carboxylic acids is 1. The van der Waals surface area contributed by atoms with Gasteiger partial charge in [-0.2, -0.15) is 0 Å². The summed E-state index contributed by atoms with van der Waals surface area (Å²) in [6.45, 7) is 3.99. The first-order chi connectivity index (χ1) is 15.3. The predicted octanol–water partition coefficient (Wildman–Crippen LogP) is 4.92. The van der Waals surface area contributed by atoms with E-state index in [2.05, 4.69) is 21.2 Å². The number of rotatable bonds is 9. The number of nitrogens with one attached hydrogen (secondary N) is 1. The van der Waals surface area contributed by atoms with E-state index in [-0.39, 0.29) is 17.5 Å². The monoisotopic (exact) mass is 516 g/mol. The molecule has 0 aliphatic rings. The van der Waals surface area contributed by atoms with Crippen molar-refractivity contribution in [3.63, 3.8) is 0 Å². The van der Waals surface area contributed by atoms with Gasteiger partial charge in [-0.25, -0.2) is 8.42 Å². The van der Waals surface area contributed by atoms with Crippen LogP contribution in [0.4, 0.5) is 5.69 Å². The van der Waals surface area contributed by atoms with Crippen molar-refractivity contribution in [2.45, 2.75) is 24.8 Å². The van der Waals surface area contributed by atoms with Crippen molar-refractivity contribution < 1.29 is 17.9 Å². The molecule has 0 radical (unpaired) electrons. The molecule has 0 fully saturated rings. The van der Waals surface area contributed by atoms with Crippen LogP contribution in [0.5, 0.6) is 5.75 Å². The summed E-state index contributed by atoms with van der Waals surface area (Å²) in [4.78, 5) is 13.0. The molecule has 6 nitrogen and oxygen atoms in total. The van der Waals surface area contributed by atoms with Gasteiger partial charge in [-0.3, -0.25) is 9.10 Å². The molecule has 3 aromatic carbocycles. The van der Waals surface area contributed by atoms with Crippen LogP contribution in [-0.4, -0.2) is 27.5 Å². The van der Waals surface area contributed by atoms with Crippen molar-refractivity contribution in [1.82, 2.24) is 5.32 Å². The Bertz CT molecular complexity index is 1150. The summed E-state index contributed by atoms with van der Waals surface area (Å²) < 4.78 is 34.0. The van der Waals surface area contributed by atoms with Crippen molar-refractivity contribution in [2.75, 3.05) is 17.5 Å². The standard InChI is InChI=1S/C24H25BrN2O4S/c1-3-31-22-14-12-19(13-15-22)18(2)26-24(28)17-27(21-9-7-8-20(25)16-21)32(29,30)23-10-5-4-6-11-23/h4-16,18H,3,17H2,1-2H3,(H,26,28)/t18-/m1/s1. The van der Waals surface area contributed by atoms with Crippen LogP contribution in [-0.2, 0) is 14.8 Å². The van der Waals surface area contributed by atoms with E-state index >= 15 is 0 Å². The van der Waals surface area contributed by atoms with E-state index in [9.17, 15) is 13.2 Å². The molecule has 3 aromatic rings. The second-order valence-corrected chi connectivity index (χ2v) is 9.87. The lowest BCUT2D eigenvalue weighted by atomic mass is 10.1. The molecule has 3 rings (SSSR count). The van der Waals surface area contributed by atoms with Crippen molar-refractivity contribution in [1.29, 1.82) is 0 Å². The average Bonchev–Trinajstić information content (AvgIpc) is 2.78. The van der Waals surface area contributed by atoms with Crippen LogP contribution in [0.25, 0.3) is 0 Å². The van der Waals surface area contributed by atoms with Crippen LogP contribution < -0.4 is 14.4 Å². The molecular weight excluding hydrogens is 492 g/mol. The zero-order chi connectivity index (χ0) is 23.1. The van der Waals surface area contributed by atoms with Gasteiger partial charge < -0.3 is 10.1 Å². The van der Waals surface area contributed by atoms with E-state index in [0.717, 1.165) is 15.6 Å². The molecule has 0 bridgehead atoms. The molecule has 0 aromatic heterocycles. The Hall–Kier alpha value is -2.84. The largest absolute Gasteiger partial charge is 0.494 e. The summed E-state index contributed by atoms with van der Waals surface area (Å²) in [6.07, 6.45) is 0. The summed E-state index contributed by atoms with van der Waals surface area (Å²) in [5, 5.41) is 2.89. The number of sulfonamides is 1. The highest BCUT2D eigenvalue weighted by molar-refractivity contribution is 9.10. The van der Waals surface area contributed by atoms with Crippen LogP contribution in [0.3, 0.4) is 0 Å². The molecule has 0 unspecified atom stereocenters. The van der Waals surface area contributed by atoms with Gasteiger partial charge in [0.25, 0.3) is 10.0 Å². The van der Waals surface area contributed by atoms with Gasteiger partial charge >= 0.3 is 0 Å². The summed E-state index contributed by atoms with van der Waals surface area (Å²) in [6, 6.07) is 22.1. The third-order valence-electron chi connectivity index (χ3n) is 4.78. The fourth-order valence-corrected chi connectivity index (χ4v) is 5.01. The van der Waals surface area contributed by atoms with Crippen LogP contribution in [0.1, 0.15) is 25.5 Å². The molecule has 32 heavy (non-hydrogen) atoms. The third kappa shape index (κ3) is 5.89. The van der Waals surface area contributed by atoms with Crippen LogP contribution in [0.2, 0.25) is 0 Å². The molecule has 1 amide bonds. The number of hydrogen-bond donors (Lipinski definition) is 1. The Morgan fingerprint density at radius 1 is 1.03 bits per heavy atom. The Labute approximate surface area is 197 Å². The highest BCUT2D eigenvalue weighted by Crippen LogP contribution is 2.26. The molecule has 168 valence electrons. The Morgan fingerprint density at radius 2 is 1.72 bits per heavy atom. The average molecular weight is 517 g/mol. The van der Waals surface area contributed by atoms with Crippen molar-refractivity contribution in [2.24, 2.45) is 0 Å². The highest BCUT2D eigenvalue weighted by Gasteiger charge is 2.27. The number of halogens is 1. The Morgan fingerprint density at radius 3 is 2.34 bits per heavy atom. The number of anilines is 1. The quantitative estimate of drug-likeness (QED) is 0.437. The number of carbonyl (C=O) groups is 1. The predicted molar refractivity (Wildman–Crippen MR) is 129 cm³/mol. The zero-order valence-electron chi connectivity index (χ0n) is 17.9. The Kier molecular flexibility index (Phi) is 7.93. The minimum absolute atomic E-state index is 0.118. The molecule has 8 heteroatoms. The summed E-state index contributed by atoms with van der Waals surface area (Å²) in [5.41, 5.74) is 1.29. The number of hydrogen-bond acceptors (Lipinski definition) is 4. The third-order valence-corrected chi connectivity index (χ3v) is 7.06. The topological polar surface area (TPSA) is 75.7 Å². The number of nitrogens with zero attached hydrogens (tertiary/aromatic N) is 1. The van der Waals surface area contributed by atoms with E-state index in [1.807, 2.05) is 38.1 Å². The lowest BCUT2D eigenvalue weighted by Crippen LogP contribution is -2.41. The van der Waals surface area contributed by atoms with E-state index in [1.165, 1.54) is 12.1 Å². The molecule has 0 saturated carbocycles. The summed E-state index contributed by atoms with van der Waals surface area (Å²) in [7, 11) is -3.94. The van der Waals surface area contributed by atoms with Gasteiger partial charge in [0, 0.05) is 4.47 Å². The van der Waals surface area contributed by atoms with Crippen molar-refractivity contribution in [3.8, 4) is 5.75 Å². The summed E-state index contributed by atoms with van der Waals surface area (Å²) in [5.74, 6) is 0.343. The second-order valence-electron chi connectivity index (χ2n) is 7.10. The molecule has 1 N–H and O–H groups in total. The van der Waals surface area contributed by atoms with E-state index in [4.69, 9.17) is 4.74 Å². The fraction of sp³-hybridized carbons (Fsp3) is 0.208. The van der Waals surface area contributed by atoms with E-state index < -0.39 is 15.9 Å². The van der Waals surface area contributed by atoms with Gasteiger partial charge in [-0.1, -0.05) is 52.3 Å². The normalized spacial score (nSPS) is 12.1. The van der Waals surface area contributed by atoms with Gasteiger partial charge in [-0.15, -0.1) is 0 Å². The zero-order valence-corrected chi connectivity index (χ0v) is 20.3. The SMILES string of the molecule is CCOc1ccc([C@@H](C)NC(=O)CN(c2cccc(Br)c2)S(=O)(=O)c2ccccc2)cc1. The van der Waals surface area contributed by atoms with E-state index in [1.54, 1.807) is 42.5 Å².